The van der Waals surface area contributed by atoms with E-state index in [4.69, 9.17) is 14.6 Å². The van der Waals surface area contributed by atoms with Crippen molar-refractivity contribution in [2.75, 3.05) is 13.7 Å². The molecule has 1 aromatic carbocycles. The maximum atomic E-state index is 8.62. The van der Waals surface area contributed by atoms with E-state index in [9.17, 15) is 0 Å². The van der Waals surface area contributed by atoms with Crippen molar-refractivity contribution in [1.82, 2.24) is 0 Å². The van der Waals surface area contributed by atoms with Crippen LogP contribution in [-0.4, -0.2) is 18.8 Å². The minimum absolute atomic E-state index is 0.118. The van der Waals surface area contributed by atoms with Crippen molar-refractivity contribution in [1.29, 1.82) is 0 Å². The summed E-state index contributed by atoms with van der Waals surface area (Å²) in [6.45, 7) is 0.394. The van der Waals surface area contributed by atoms with E-state index in [1.54, 1.807) is 18.4 Å². The second-order valence-corrected chi connectivity index (χ2v) is 4.72. The number of aliphatic hydroxyl groups excluding tert-OH is 1. The van der Waals surface area contributed by atoms with Gasteiger partial charge in [-0.3, -0.25) is 0 Å². The number of hydrogen-bond donors (Lipinski definition) is 1. The molecule has 4 heteroatoms. The molecule has 2 aromatic rings. The van der Waals surface area contributed by atoms with E-state index in [1.807, 2.05) is 35.7 Å². The Balaban J connectivity index is 1.92. The zero-order valence-corrected chi connectivity index (χ0v) is 11.4. The summed E-state index contributed by atoms with van der Waals surface area (Å²) in [4.78, 5) is 1.10. The standard InChI is InChI=1S/C15H14O3S/c1-17-13-4-6-14(7-5-13)18-10-15-9-12(11-19-15)3-2-8-16/h4-7,9,11,16H,8,10H2,1H3. The molecule has 2 rings (SSSR count). The van der Waals surface area contributed by atoms with Crippen molar-refractivity contribution >= 4 is 11.3 Å². The summed E-state index contributed by atoms with van der Waals surface area (Å²) in [6.07, 6.45) is 0. The largest absolute Gasteiger partial charge is 0.497 e. The second kappa shape index (κ2) is 6.83. The minimum Gasteiger partial charge on any atom is -0.497 e. The van der Waals surface area contributed by atoms with Crippen LogP contribution >= 0.6 is 11.3 Å². The summed E-state index contributed by atoms with van der Waals surface area (Å²) in [5, 5.41) is 10.6. The molecular formula is C15H14O3S. The summed E-state index contributed by atoms with van der Waals surface area (Å²) in [7, 11) is 1.64. The molecule has 0 saturated carbocycles. The van der Waals surface area contributed by atoms with Crippen molar-refractivity contribution in [3.63, 3.8) is 0 Å². The van der Waals surface area contributed by atoms with Crippen LogP contribution in [0.4, 0.5) is 0 Å². The Morgan fingerprint density at radius 1 is 1.21 bits per heavy atom. The van der Waals surface area contributed by atoms with Crippen LogP contribution in [0.15, 0.2) is 35.7 Å². The smallest absolute Gasteiger partial charge is 0.122 e. The number of rotatable bonds is 4. The highest BCUT2D eigenvalue weighted by atomic mass is 32.1. The third kappa shape index (κ3) is 4.02. The van der Waals surface area contributed by atoms with Crippen molar-refractivity contribution in [2.24, 2.45) is 0 Å². The Labute approximate surface area is 116 Å². The lowest BCUT2D eigenvalue weighted by Crippen LogP contribution is -1.92. The Hall–Kier alpha value is -1.96. The lowest BCUT2D eigenvalue weighted by atomic mass is 10.3. The summed E-state index contributed by atoms with van der Waals surface area (Å²) < 4.78 is 10.8. The van der Waals surface area contributed by atoms with Crippen LogP contribution in [0.25, 0.3) is 0 Å². The molecule has 1 N–H and O–H groups in total. The Morgan fingerprint density at radius 2 is 1.95 bits per heavy atom. The highest BCUT2D eigenvalue weighted by Crippen LogP contribution is 2.20. The molecule has 0 saturated heterocycles. The van der Waals surface area contributed by atoms with Gasteiger partial charge in [0.25, 0.3) is 0 Å². The molecule has 0 fully saturated rings. The number of aliphatic hydroxyl groups is 1. The highest BCUT2D eigenvalue weighted by Gasteiger charge is 2.00. The zero-order chi connectivity index (χ0) is 13.5. The Bertz CT molecular complexity index is 575. The number of methoxy groups -OCH3 is 1. The van der Waals surface area contributed by atoms with Crippen LogP contribution in [0.5, 0.6) is 11.5 Å². The van der Waals surface area contributed by atoms with Gasteiger partial charge in [-0.1, -0.05) is 11.8 Å². The molecule has 0 atom stereocenters. The van der Waals surface area contributed by atoms with Gasteiger partial charge in [-0.15, -0.1) is 11.3 Å². The molecule has 0 aliphatic rings. The molecular weight excluding hydrogens is 260 g/mol. The maximum Gasteiger partial charge on any atom is 0.122 e. The number of thiophene rings is 1. The molecule has 0 bridgehead atoms. The summed E-state index contributed by atoms with van der Waals surface area (Å²) >= 11 is 1.59. The van der Waals surface area contributed by atoms with E-state index in [2.05, 4.69) is 11.8 Å². The van der Waals surface area contributed by atoms with Gasteiger partial charge in [0, 0.05) is 15.8 Å². The lowest BCUT2D eigenvalue weighted by Gasteiger charge is -2.05. The van der Waals surface area contributed by atoms with E-state index in [0.29, 0.717) is 6.61 Å². The fourth-order valence-electron chi connectivity index (χ4n) is 1.49. The zero-order valence-electron chi connectivity index (χ0n) is 10.6. The third-order valence-electron chi connectivity index (χ3n) is 2.41. The first-order valence-electron chi connectivity index (χ1n) is 5.76. The molecule has 0 unspecified atom stereocenters. The van der Waals surface area contributed by atoms with Gasteiger partial charge in [0.05, 0.1) is 7.11 Å². The van der Waals surface area contributed by atoms with Crippen LogP contribution in [-0.2, 0) is 6.61 Å². The average Bonchev–Trinajstić information content (AvgIpc) is 2.91. The number of hydrogen-bond acceptors (Lipinski definition) is 4. The summed E-state index contributed by atoms with van der Waals surface area (Å²) in [5.74, 6) is 7.10. The average molecular weight is 274 g/mol. The van der Waals surface area contributed by atoms with Crippen molar-refractivity contribution in [3.05, 3.63) is 46.2 Å². The first-order valence-corrected chi connectivity index (χ1v) is 6.64. The first-order chi connectivity index (χ1) is 9.31. The van der Waals surface area contributed by atoms with Crippen molar-refractivity contribution in [3.8, 4) is 23.3 Å². The monoisotopic (exact) mass is 274 g/mol. The summed E-state index contributed by atoms with van der Waals surface area (Å²) in [5.41, 5.74) is 0.910. The van der Waals surface area contributed by atoms with Gasteiger partial charge in [0.1, 0.15) is 24.7 Å². The first kappa shape index (κ1) is 13.5. The topological polar surface area (TPSA) is 38.7 Å². The van der Waals surface area contributed by atoms with Crippen molar-refractivity contribution in [2.45, 2.75) is 6.61 Å². The highest BCUT2D eigenvalue weighted by molar-refractivity contribution is 7.10. The van der Waals surface area contributed by atoms with Crippen LogP contribution in [0.1, 0.15) is 10.4 Å². The fourth-order valence-corrected chi connectivity index (χ4v) is 2.22. The molecule has 1 aromatic heterocycles. The fraction of sp³-hybridized carbons (Fsp3) is 0.200. The Morgan fingerprint density at radius 3 is 2.63 bits per heavy atom. The molecule has 0 aliphatic carbocycles. The molecule has 98 valence electrons. The molecule has 0 amide bonds. The minimum atomic E-state index is -0.118. The van der Waals surface area contributed by atoms with Gasteiger partial charge in [0.15, 0.2) is 0 Å². The maximum absolute atomic E-state index is 8.62. The molecule has 0 spiro atoms. The molecule has 3 nitrogen and oxygen atoms in total. The predicted molar refractivity (Wildman–Crippen MR) is 75.6 cm³/mol. The van der Waals surface area contributed by atoms with Crippen LogP contribution in [0.2, 0.25) is 0 Å². The SMILES string of the molecule is COc1ccc(OCc2cc(C#CCO)cs2)cc1. The van der Waals surface area contributed by atoms with Gasteiger partial charge in [-0.25, -0.2) is 0 Å². The quantitative estimate of drug-likeness (QED) is 0.871. The number of benzene rings is 1. The van der Waals surface area contributed by atoms with Crippen LogP contribution in [0.3, 0.4) is 0 Å². The van der Waals surface area contributed by atoms with Gasteiger partial charge in [-0.05, 0) is 30.3 Å². The predicted octanol–water partition coefficient (Wildman–Crippen LogP) is 2.68. The summed E-state index contributed by atoms with van der Waals surface area (Å²) in [6, 6.07) is 9.44. The van der Waals surface area contributed by atoms with Crippen LogP contribution < -0.4 is 9.47 Å². The Kier molecular flexibility index (Phi) is 4.85. The van der Waals surface area contributed by atoms with E-state index in [1.165, 1.54) is 0 Å². The van der Waals surface area contributed by atoms with E-state index in [-0.39, 0.29) is 6.61 Å². The normalized spacial score (nSPS) is 9.58. The van der Waals surface area contributed by atoms with E-state index >= 15 is 0 Å². The molecule has 19 heavy (non-hydrogen) atoms. The van der Waals surface area contributed by atoms with Gasteiger partial charge in [-0.2, -0.15) is 0 Å². The molecule has 0 aliphatic heterocycles. The molecule has 0 radical (unpaired) electrons. The third-order valence-corrected chi connectivity index (χ3v) is 3.32. The van der Waals surface area contributed by atoms with Gasteiger partial charge >= 0.3 is 0 Å². The lowest BCUT2D eigenvalue weighted by molar-refractivity contribution is 0.309. The second-order valence-electron chi connectivity index (χ2n) is 3.73. The van der Waals surface area contributed by atoms with Crippen LogP contribution in [0, 0.1) is 11.8 Å². The van der Waals surface area contributed by atoms with E-state index in [0.717, 1.165) is 21.9 Å². The molecule has 1 heterocycles. The van der Waals surface area contributed by atoms with Gasteiger partial charge in [0.2, 0.25) is 0 Å². The van der Waals surface area contributed by atoms with E-state index < -0.39 is 0 Å². The van der Waals surface area contributed by atoms with Crippen molar-refractivity contribution < 1.29 is 14.6 Å². The van der Waals surface area contributed by atoms with Gasteiger partial charge < -0.3 is 14.6 Å². The number of ether oxygens (including phenoxy) is 2.